The maximum Gasteiger partial charge on any atom is 0.315 e. The van der Waals surface area contributed by atoms with Crippen LogP contribution in [0.25, 0.3) is 0 Å². The van der Waals surface area contributed by atoms with E-state index in [0.29, 0.717) is 0 Å². The average Bonchev–Trinajstić information content (AvgIpc) is 2.35. The van der Waals surface area contributed by atoms with Gasteiger partial charge in [0.25, 0.3) is 0 Å². The number of unbranched alkanes of at least 4 members (excludes halogenated alkanes) is 1. The molecule has 0 aromatic rings. The van der Waals surface area contributed by atoms with Crippen molar-refractivity contribution in [2.75, 3.05) is 0 Å². The summed E-state index contributed by atoms with van der Waals surface area (Å²) in [4.78, 5) is 23.1. The van der Waals surface area contributed by atoms with E-state index in [0.717, 1.165) is 51.4 Å². The van der Waals surface area contributed by atoms with Crippen LogP contribution in [-0.4, -0.2) is 28.7 Å². The fourth-order valence-electron chi connectivity index (χ4n) is 2.95. The average molecular weight is 284 g/mol. The zero-order valence-corrected chi connectivity index (χ0v) is 12.7. The molecule has 0 heterocycles. The third kappa shape index (κ3) is 5.80. The van der Waals surface area contributed by atoms with Gasteiger partial charge in [0, 0.05) is 6.04 Å². The summed E-state index contributed by atoms with van der Waals surface area (Å²) in [5.41, 5.74) is -0.557. The maximum absolute atomic E-state index is 12.1. The number of hydrogen-bond donors (Lipinski definition) is 3. The van der Waals surface area contributed by atoms with Crippen LogP contribution in [0.4, 0.5) is 4.79 Å². The standard InChI is InChI=1S/C15H28N2O3/c1-3-4-8-12(2)16-14(20)17-15(11-13(18)19)9-6-5-7-10-15/h12H,3-11H2,1-2H3,(H,18,19)(H2,16,17,20). The van der Waals surface area contributed by atoms with E-state index in [1.165, 1.54) is 0 Å². The van der Waals surface area contributed by atoms with E-state index in [4.69, 9.17) is 5.11 Å². The smallest absolute Gasteiger partial charge is 0.315 e. The second-order valence-electron chi connectivity index (χ2n) is 6.05. The van der Waals surface area contributed by atoms with Crippen LogP contribution in [0.15, 0.2) is 0 Å². The lowest BCUT2D eigenvalue weighted by molar-refractivity contribution is -0.139. The normalized spacial score (nSPS) is 19.1. The Morgan fingerprint density at radius 3 is 2.45 bits per heavy atom. The molecule has 116 valence electrons. The van der Waals surface area contributed by atoms with Crippen molar-refractivity contribution in [3.05, 3.63) is 0 Å². The topological polar surface area (TPSA) is 78.4 Å². The molecule has 20 heavy (non-hydrogen) atoms. The minimum atomic E-state index is -0.841. The zero-order chi connectivity index (χ0) is 15.0. The van der Waals surface area contributed by atoms with Crippen LogP contribution in [-0.2, 0) is 4.79 Å². The van der Waals surface area contributed by atoms with Crippen molar-refractivity contribution in [2.45, 2.75) is 83.2 Å². The van der Waals surface area contributed by atoms with E-state index in [1.807, 2.05) is 6.92 Å². The van der Waals surface area contributed by atoms with Gasteiger partial charge in [-0.1, -0.05) is 39.0 Å². The Morgan fingerprint density at radius 2 is 1.90 bits per heavy atom. The number of carbonyl (C=O) groups is 2. The van der Waals surface area contributed by atoms with Crippen molar-refractivity contribution in [3.63, 3.8) is 0 Å². The van der Waals surface area contributed by atoms with Gasteiger partial charge < -0.3 is 15.7 Å². The van der Waals surface area contributed by atoms with Gasteiger partial charge in [0.15, 0.2) is 0 Å². The van der Waals surface area contributed by atoms with E-state index >= 15 is 0 Å². The molecule has 1 unspecified atom stereocenters. The van der Waals surface area contributed by atoms with E-state index in [9.17, 15) is 9.59 Å². The van der Waals surface area contributed by atoms with Crippen molar-refractivity contribution in [1.29, 1.82) is 0 Å². The van der Waals surface area contributed by atoms with Crippen LogP contribution in [0.5, 0.6) is 0 Å². The minimum Gasteiger partial charge on any atom is -0.481 e. The van der Waals surface area contributed by atoms with Crippen LogP contribution in [0.1, 0.15) is 71.6 Å². The molecule has 1 saturated carbocycles. The molecule has 5 nitrogen and oxygen atoms in total. The number of nitrogens with one attached hydrogen (secondary N) is 2. The molecule has 5 heteroatoms. The van der Waals surface area contributed by atoms with Crippen molar-refractivity contribution in [2.24, 2.45) is 0 Å². The highest BCUT2D eigenvalue weighted by Crippen LogP contribution is 2.31. The van der Waals surface area contributed by atoms with Gasteiger partial charge in [0.2, 0.25) is 0 Å². The lowest BCUT2D eigenvalue weighted by Gasteiger charge is -2.37. The molecule has 3 N–H and O–H groups in total. The molecular formula is C15H28N2O3. The predicted molar refractivity (Wildman–Crippen MR) is 78.7 cm³/mol. The van der Waals surface area contributed by atoms with Crippen molar-refractivity contribution in [1.82, 2.24) is 10.6 Å². The SMILES string of the molecule is CCCCC(C)NC(=O)NC1(CC(=O)O)CCCCC1. The van der Waals surface area contributed by atoms with Gasteiger partial charge in [-0.25, -0.2) is 4.79 Å². The Morgan fingerprint density at radius 1 is 1.25 bits per heavy atom. The predicted octanol–water partition coefficient (Wildman–Crippen LogP) is 3.04. The maximum atomic E-state index is 12.1. The highest BCUT2D eigenvalue weighted by atomic mass is 16.4. The fourth-order valence-corrected chi connectivity index (χ4v) is 2.95. The first kappa shape index (κ1) is 16.8. The molecule has 0 spiro atoms. The summed E-state index contributed by atoms with van der Waals surface area (Å²) in [7, 11) is 0. The number of carboxylic acids is 1. The lowest BCUT2D eigenvalue weighted by Crippen LogP contribution is -2.55. The molecule has 1 aliphatic rings. The van der Waals surface area contributed by atoms with Crippen LogP contribution in [0, 0.1) is 0 Å². The Hall–Kier alpha value is -1.26. The van der Waals surface area contributed by atoms with E-state index in [1.54, 1.807) is 0 Å². The molecule has 1 aliphatic carbocycles. The highest BCUT2D eigenvalue weighted by Gasteiger charge is 2.35. The second kappa shape index (κ2) is 8.12. The van der Waals surface area contributed by atoms with Crippen molar-refractivity contribution >= 4 is 12.0 Å². The number of rotatable bonds is 7. The Balaban J connectivity index is 2.51. The van der Waals surface area contributed by atoms with E-state index in [-0.39, 0.29) is 18.5 Å². The number of carboxylic acid groups (broad SMARTS) is 1. The van der Waals surface area contributed by atoms with Crippen molar-refractivity contribution < 1.29 is 14.7 Å². The summed E-state index contributed by atoms with van der Waals surface area (Å²) in [6.45, 7) is 4.11. The van der Waals surface area contributed by atoms with Gasteiger partial charge in [-0.3, -0.25) is 4.79 Å². The first-order valence-corrected chi connectivity index (χ1v) is 7.78. The van der Waals surface area contributed by atoms with Gasteiger partial charge in [0.1, 0.15) is 0 Å². The Bertz CT molecular complexity index is 325. The molecular weight excluding hydrogens is 256 g/mol. The molecule has 0 bridgehead atoms. The third-order valence-corrected chi connectivity index (χ3v) is 4.05. The number of urea groups is 1. The third-order valence-electron chi connectivity index (χ3n) is 4.05. The van der Waals surface area contributed by atoms with Crippen molar-refractivity contribution in [3.8, 4) is 0 Å². The van der Waals surface area contributed by atoms with Gasteiger partial charge in [-0.15, -0.1) is 0 Å². The van der Waals surface area contributed by atoms with Gasteiger partial charge in [-0.05, 0) is 26.2 Å². The number of amides is 2. The van der Waals surface area contributed by atoms with Gasteiger partial charge >= 0.3 is 12.0 Å². The summed E-state index contributed by atoms with van der Waals surface area (Å²) in [5.74, 6) is -0.841. The molecule has 0 aromatic carbocycles. The number of aliphatic carboxylic acids is 1. The highest BCUT2D eigenvalue weighted by molar-refractivity contribution is 5.77. The molecule has 1 atom stereocenters. The lowest BCUT2D eigenvalue weighted by atomic mass is 9.79. The first-order valence-electron chi connectivity index (χ1n) is 7.78. The largest absolute Gasteiger partial charge is 0.481 e. The second-order valence-corrected chi connectivity index (χ2v) is 6.05. The summed E-state index contributed by atoms with van der Waals surface area (Å²) in [6.07, 6.45) is 7.78. The quantitative estimate of drug-likeness (QED) is 0.672. The Labute approximate surface area is 121 Å². The minimum absolute atomic E-state index is 0.0176. The zero-order valence-electron chi connectivity index (χ0n) is 12.7. The molecule has 1 fully saturated rings. The molecule has 2 amide bonds. The monoisotopic (exact) mass is 284 g/mol. The molecule has 0 aromatic heterocycles. The summed E-state index contributed by atoms with van der Waals surface area (Å²) < 4.78 is 0. The van der Waals surface area contributed by atoms with Crippen LogP contribution in [0.3, 0.4) is 0 Å². The van der Waals surface area contributed by atoms with Gasteiger partial charge in [-0.2, -0.15) is 0 Å². The van der Waals surface area contributed by atoms with Crippen LogP contribution < -0.4 is 10.6 Å². The number of hydrogen-bond acceptors (Lipinski definition) is 2. The molecule has 0 saturated heterocycles. The molecule has 1 rings (SSSR count). The Kier molecular flexibility index (Phi) is 6.82. The fraction of sp³-hybridized carbons (Fsp3) is 0.867. The van der Waals surface area contributed by atoms with Crippen LogP contribution in [0.2, 0.25) is 0 Å². The first-order chi connectivity index (χ1) is 9.47. The molecule has 0 aliphatic heterocycles. The summed E-state index contributed by atoms with van der Waals surface area (Å²) in [6, 6.07) is -0.0998. The number of carbonyl (C=O) groups excluding carboxylic acids is 1. The summed E-state index contributed by atoms with van der Waals surface area (Å²) >= 11 is 0. The van der Waals surface area contributed by atoms with Crippen LogP contribution >= 0.6 is 0 Å². The molecule has 0 radical (unpaired) electrons. The summed E-state index contributed by atoms with van der Waals surface area (Å²) in [5, 5.41) is 14.9. The van der Waals surface area contributed by atoms with E-state index in [2.05, 4.69) is 17.6 Å². The van der Waals surface area contributed by atoms with Gasteiger partial charge in [0.05, 0.1) is 12.0 Å². The van der Waals surface area contributed by atoms with E-state index < -0.39 is 11.5 Å².